The second kappa shape index (κ2) is 8.37. The maximum Gasteiger partial charge on any atom is 0.416 e. The summed E-state index contributed by atoms with van der Waals surface area (Å²) < 4.78 is 44.2. The predicted molar refractivity (Wildman–Crippen MR) is 90.2 cm³/mol. The highest BCUT2D eigenvalue weighted by molar-refractivity contribution is 5.80. The highest BCUT2D eigenvalue weighted by Crippen LogP contribution is 2.30. The number of hydrogen-bond acceptors (Lipinski definition) is 2. The van der Waals surface area contributed by atoms with Gasteiger partial charge in [0.25, 0.3) is 6.47 Å². The van der Waals surface area contributed by atoms with Gasteiger partial charge in [0.15, 0.2) is 0 Å². The topological polar surface area (TPSA) is 31.2 Å². The maximum atomic E-state index is 12.7. The third-order valence-corrected chi connectivity index (χ3v) is 3.52. The minimum Gasteiger partial charge on any atom is -0.468 e. The van der Waals surface area contributed by atoms with Crippen LogP contribution in [0.4, 0.5) is 13.2 Å². The van der Waals surface area contributed by atoms with Crippen molar-refractivity contribution in [3.63, 3.8) is 0 Å². The van der Waals surface area contributed by atoms with Gasteiger partial charge in [0.05, 0.1) is 12.2 Å². The van der Waals surface area contributed by atoms with Gasteiger partial charge in [-0.2, -0.15) is 13.2 Å². The van der Waals surface area contributed by atoms with Crippen LogP contribution in [0.25, 0.3) is 10.9 Å². The summed E-state index contributed by atoms with van der Waals surface area (Å²) in [5.74, 6) is 0. The van der Waals surface area contributed by atoms with E-state index in [1.807, 2.05) is 41.1 Å². The standard InChI is InChI=1S/C16H12F3N.C3H6O2/c17-16(18,19)14-6-3-4-12(10-14)11-20-9-8-13-5-1-2-7-15(13)20;1-2-5-3-4/h1-10H,11H2;3H,2H2,1H3. The van der Waals surface area contributed by atoms with Gasteiger partial charge in [0, 0.05) is 18.3 Å². The van der Waals surface area contributed by atoms with Crippen molar-refractivity contribution in [3.05, 3.63) is 71.9 Å². The number of rotatable bonds is 4. The van der Waals surface area contributed by atoms with E-state index in [0.717, 1.165) is 17.0 Å². The summed E-state index contributed by atoms with van der Waals surface area (Å²) in [4.78, 5) is 9.18. The molecular formula is C19H18F3NO2. The molecule has 6 heteroatoms. The van der Waals surface area contributed by atoms with Crippen LogP contribution in [-0.4, -0.2) is 17.6 Å². The molecule has 1 heterocycles. The number of ether oxygens (including phenoxy) is 1. The number of para-hydroxylation sites is 1. The molecule has 3 nitrogen and oxygen atoms in total. The molecule has 25 heavy (non-hydrogen) atoms. The summed E-state index contributed by atoms with van der Waals surface area (Å²) in [5.41, 5.74) is 1.05. The number of alkyl halides is 3. The van der Waals surface area contributed by atoms with Crippen molar-refractivity contribution in [2.24, 2.45) is 0 Å². The molecule has 3 rings (SSSR count). The molecular weight excluding hydrogens is 331 g/mol. The zero-order valence-corrected chi connectivity index (χ0v) is 13.7. The second-order valence-corrected chi connectivity index (χ2v) is 5.25. The monoisotopic (exact) mass is 349 g/mol. The van der Waals surface area contributed by atoms with E-state index in [2.05, 4.69) is 4.74 Å². The highest BCUT2D eigenvalue weighted by atomic mass is 19.4. The van der Waals surface area contributed by atoms with Crippen LogP contribution in [0.3, 0.4) is 0 Å². The lowest BCUT2D eigenvalue weighted by Gasteiger charge is -2.10. The molecule has 0 saturated heterocycles. The largest absolute Gasteiger partial charge is 0.468 e. The van der Waals surface area contributed by atoms with Crippen LogP contribution >= 0.6 is 0 Å². The van der Waals surface area contributed by atoms with Crippen molar-refractivity contribution in [3.8, 4) is 0 Å². The first-order chi connectivity index (χ1) is 12.0. The average molecular weight is 349 g/mol. The minimum absolute atomic E-state index is 0.428. The first kappa shape index (κ1) is 18.6. The fourth-order valence-corrected chi connectivity index (χ4v) is 2.39. The van der Waals surface area contributed by atoms with Gasteiger partial charge in [-0.15, -0.1) is 0 Å². The van der Waals surface area contributed by atoms with Crippen molar-refractivity contribution in [1.82, 2.24) is 4.57 Å². The predicted octanol–water partition coefficient (Wildman–Crippen LogP) is 4.89. The minimum atomic E-state index is -4.30. The van der Waals surface area contributed by atoms with Crippen molar-refractivity contribution in [1.29, 1.82) is 0 Å². The van der Waals surface area contributed by atoms with E-state index in [4.69, 9.17) is 0 Å². The molecule has 1 aromatic heterocycles. The van der Waals surface area contributed by atoms with Gasteiger partial charge in [0.2, 0.25) is 0 Å². The molecule has 0 aliphatic carbocycles. The fourth-order valence-electron chi connectivity index (χ4n) is 2.39. The molecule has 0 saturated carbocycles. The normalized spacial score (nSPS) is 10.9. The SMILES string of the molecule is CCOC=O.FC(F)(F)c1cccc(Cn2ccc3ccccc32)c1. The van der Waals surface area contributed by atoms with Crippen LogP contribution in [0, 0.1) is 0 Å². The Labute approximate surface area is 143 Å². The fraction of sp³-hybridized carbons (Fsp3) is 0.211. The van der Waals surface area contributed by atoms with E-state index in [-0.39, 0.29) is 0 Å². The number of carbonyl (C=O) groups excluding carboxylic acids is 1. The molecule has 0 unspecified atom stereocenters. The van der Waals surface area contributed by atoms with E-state index >= 15 is 0 Å². The Morgan fingerprint density at radius 2 is 1.84 bits per heavy atom. The van der Waals surface area contributed by atoms with Gasteiger partial charge in [-0.25, -0.2) is 0 Å². The van der Waals surface area contributed by atoms with Crippen LogP contribution in [0.1, 0.15) is 18.1 Å². The zero-order chi connectivity index (χ0) is 18.3. The Morgan fingerprint density at radius 1 is 1.08 bits per heavy atom. The maximum absolute atomic E-state index is 12.7. The highest BCUT2D eigenvalue weighted by Gasteiger charge is 2.30. The molecule has 0 atom stereocenters. The van der Waals surface area contributed by atoms with Crippen LogP contribution in [-0.2, 0) is 22.3 Å². The van der Waals surface area contributed by atoms with Crippen LogP contribution in [0.2, 0.25) is 0 Å². The molecule has 0 aliphatic heterocycles. The van der Waals surface area contributed by atoms with Crippen molar-refractivity contribution in [2.45, 2.75) is 19.6 Å². The lowest BCUT2D eigenvalue weighted by molar-refractivity contribution is -0.137. The molecule has 0 N–H and O–H groups in total. The van der Waals surface area contributed by atoms with E-state index < -0.39 is 11.7 Å². The second-order valence-electron chi connectivity index (χ2n) is 5.25. The quantitative estimate of drug-likeness (QED) is 0.628. The van der Waals surface area contributed by atoms with Crippen LogP contribution < -0.4 is 0 Å². The summed E-state index contributed by atoms with van der Waals surface area (Å²) in [6.07, 6.45) is -2.40. The van der Waals surface area contributed by atoms with Gasteiger partial charge in [-0.1, -0.05) is 30.3 Å². The third kappa shape index (κ3) is 5.11. The Hall–Kier alpha value is -2.76. The Kier molecular flexibility index (Phi) is 6.22. The summed E-state index contributed by atoms with van der Waals surface area (Å²) >= 11 is 0. The van der Waals surface area contributed by atoms with E-state index in [1.165, 1.54) is 12.1 Å². The van der Waals surface area contributed by atoms with Crippen LogP contribution in [0.15, 0.2) is 60.8 Å². The third-order valence-electron chi connectivity index (χ3n) is 3.52. The summed E-state index contributed by atoms with van der Waals surface area (Å²) in [7, 11) is 0. The van der Waals surface area contributed by atoms with Crippen molar-refractivity contribution >= 4 is 17.4 Å². The van der Waals surface area contributed by atoms with Gasteiger partial charge in [0.1, 0.15) is 0 Å². The molecule has 132 valence electrons. The Morgan fingerprint density at radius 3 is 2.48 bits per heavy atom. The first-order valence-corrected chi connectivity index (χ1v) is 7.71. The molecule has 0 amide bonds. The number of carbonyl (C=O) groups is 1. The number of aromatic nitrogens is 1. The molecule has 3 aromatic rings. The van der Waals surface area contributed by atoms with E-state index in [9.17, 15) is 18.0 Å². The molecule has 0 bridgehead atoms. The number of benzene rings is 2. The van der Waals surface area contributed by atoms with Gasteiger partial charge in [-0.3, -0.25) is 4.79 Å². The summed E-state index contributed by atoms with van der Waals surface area (Å²) in [6.45, 7) is 3.09. The van der Waals surface area contributed by atoms with E-state index in [1.54, 1.807) is 13.0 Å². The average Bonchev–Trinajstić information content (AvgIpc) is 2.99. The number of halogens is 3. The molecule has 0 spiro atoms. The first-order valence-electron chi connectivity index (χ1n) is 7.71. The number of fused-ring (bicyclic) bond motifs is 1. The molecule has 0 fully saturated rings. The van der Waals surface area contributed by atoms with Gasteiger partial charge < -0.3 is 9.30 Å². The van der Waals surface area contributed by atoms with Crippen molar-refractivity contribution < 1.29 is 22.7 Å². The Balaban J connectivity index is 0.000000399. The Bertz CT molecular complexity index is 825. The molecule has 0 aliphatic rings. The smallest absolute Gasteiger partial charge is 0.416 e. The summed E-state index contributed by atoms with van der Waals surface area (Å²) in [6, 6.07) is 15.2. The lowest BCUT2D eigenvalue weighted by Crippen LogP contribution is -2.06. The zero-order valence-electron chi connectivity index (χ0n) is 13.7. The summed E-state index contributed by atoms with van der Waals surface area (Å²) in [5, 5.41) is 1.08. The molecule has 0 radical (unpaired) electrons. The lowest BCUT2D eigenvalue weighted by atomic mass is 10.1. The van der Waals surface area contributed by atoms with Gasteiger partial charge in [-0.05, 0) is 42.1 Å². The van der Waals surface area contributed by atoms with Gasteiger partial charge >= 0.3 is 6.18 Å². The number of hydrogen-bond donors (Lipinski definition) is 0. The van der Waals surface area contributed by atoms with Crippen molar-refractivity contribution in [2.75, 3.05) is 6.61 Å². The molecule has 2 aromatic carbocycles. The van der Waals surface area contributed by atoms with E-state index in [0.29, 0.717) is 25.2 Å². The van der Waals surface area contributed by atoms with Crippen LogP contribution in [0.5, 0.6) is 0 Å². The number of nitrogens with zero attached hydrogens (tertiary/aromatic N) is 1.